The van der Waals surface area contributed by atoms with Crippen molar-refractivity contribution < 1.29 is 23.6 Å². The molecule has 1 unspecified atom stereocenters. The number of carbonyl (C=O) groups is 2. The van der Waals surface area contributed by atoms with Crippen LogP contribution in [0.5, 0.6) is 6.01 Å². The summed E-state index contributed by atoms with van der Waals surface area (Å²) in [6, 6.07) is 0.421. The highest BCUT2D eigenvalue weighted by molar-refractivity contribution is 7.99. The number of methoxy groups -OCH3 is 1. The zero-order chi connectivity index (χ0) is 17.9. The summed E-state index contributed by atoms with van der Waals surface area (Å²) in [6.45, 7) is 1.57. The third-order valence-electron chi connectivity index (χ3n) is 2.57. The van der Waals surface area contributed by atoms with E-state index in [1.165, 1.54) is 18.6 Å². The lowest BCUT2D eigenvalue weighted by molar-refractivity contribution is 0.0698. The van der Waals surface area contributed by atoms with Crippen molar-refractivity contribution in [2.75, 3.05) is 12.4 Å². The first kappa shape index (κ1) is 17.6. The van der Waals surface area contributed by atoms with E-state index in [9.17, 15) is 13.8 Å². The number of ether oxygens (including phenoxy) is 1. The number of aromatic carboxylic acids is 1. The zero-order valence-electron chi connectivity index (χ0n) is 12.6. The third kappa shape index (κ3) is 3.97. The second-order valence-electron chi connectivity index (χ2n) is 4.34. The van der Waals surface area contributed by atoms with Gasteiger partial charge in [-0.2, -0.15) is 15.0 Å². The Kier molecular flexibility index (Phi) is 4.99. The van der Waals surface area contributed by atoms with Crippen LogP contribution in [0.1, 0.15) is 15.5 Å². The molecule has 0 aromatic carbocycles. The average molecular weight is 371 g/mol. The molecule has 0 fully saturated rings. The van der Waals surface area contributed by atoms with Crippen molar-refractivity contribution in [2.45, 2.75) is 11.8 Å². The van der Waals surface area contributed by atoms with Gasteiger partial charge in [0, 0.05) is 0 Å². The standard InChI is InChI=1S/C12H13N5O5S2/c1-6-13-10(16-12(14-6)22-2)15-11(20)17-24(3,21)7-4-5-23-8(7)9(18)19/h4-5H,3H2,1-2H3,(H,18,19)(H2,13,14,15,16,17,20,21). The molecule has 2 aromatic rings. The van der Waals surface area contributed by atoms with E-state index >= 15 is 0 Å². The number of aromatic nitrogens is 3. The van der Waals surface area contributed by atoms with Crippen molar-refractivity contribution >= 4 is 44.9 Å². The number of carboxylic acids is 1. The molecule has 0 aliphatic heterocycles. The molecular weight excluding hydrogens is 358 g/mol. The van der Waals surface area contributed by atoms with Gasteiger partial charge in [-0.15, -0.1) is 11.3 Å². The Balaban J connectivity index is 2.18. The molecule has 0 saturated heterocycles. The summed E-state index contributed by atoms with van der Waals surface area (Å²) in [7, 11) is -2.02. The number of hydrogen-bond donors (Lipinski definition) is 3. The highest BCUT2D eigenvalue weighted by Gasteiger charge is 2.21. The van der Waals surface area contributed by atoms with Crippen molar-refractivity contribution in [1.29, 1.82) is 0 Å². The maximum absolute atomic E-state index is 12.5. The first-order chi connectivity index (χ1) is 11.2. The maximum Gasteiger partial charge on any atom is 0.347 e. The van der Waals surface area contributed by atoms with Crippen LogP contribution >= 0.6 is 11.3 Å². The van der Waals surface area contributed by atoms with Gasteiger partial charge in [0.25, 0.3) is 0 Å². The Morgan fingerprint density at radius 2 is 2.08 bits per heavy atom. The van der Waals surface area contributed by atoms with Crippen LogP contribution in [0.2, 0.25) is 0 Å². The van der Waals surface area contributed by atoms with Crippen LogP contribution in [-0.4, -0.2) is 49.2 Å². The van der Waals surface area contributed by atoms with E-state index < -0.39 is 21.7 Å². The van der Waals surface area contributed by atoms with E-state index in [2.05, 4.69) is 30.9 Å². The van der Waals surface area contributed by atoms with Gasteiger partial charge >= 0.3 is 18.0 Å². The van der Waals surface area contributed by atoms with E-state index in [-0.39, 0.29) is 21.7 Å². The van der Waals surface area contributed by atoms with Gasteiger partial charge in [0.15, 0.2) is 0 Å². The number of amides is 2. The Morgan fingerprint density at radius 3 is 2.71 bits per heavy atom. The van der Waals surface area contributed by atoms with Gasteiger partial charge < -0.3 is 9.84 Å². The number of urea groups is 1. The number of hydrogen-bond acceptors (Lipinski definition) is 8. The van der Waals surface area contributed by atoms with Crippen LogP contribution in [0.4, 0.5) is 10.7 Å². The molecule has 2 heterocycles. The fourth-order valence-electron chi connectivity index (χ4n) is 1.65. The molecule has 12 heteroatoms. The molecule has 2 aromatic heterocycles. The second-order valence-corrected chi connectivity index (χ2v) is 7.25. The summed E-state index contributed by atoms with van der Waals surface area (Å²) in [5.41, 5.74) is 0. The van der Waals surface area contributed by atoms with Crippen molar-refractivity contribution in [3.63, 3.8) is 0 Å². The first-order valence-electron chi connectivity index (χ1n) is 6.26. The minimum atomic E-state index is -3.37. The average Bonchev–Trinajstić information content (AvgIpc) is 2.96. The smallest absolute Gasteiger partial charge is 0.347 e. The van der Waals surface area contributed by atoms with Crippen LogP contribution in [0.25, 0.3) is 0 Å². The first-order valence-corrected chi connectivity index (χ1v) is 8.87. The van der Waals surface area contributed by atoms with Gasteiger partial charge in [0.1, 0.15) is 10.7 Å². The summed E-state index contributed by atoms with van der Waals surface area (Å²) in [5, 5.41) is 12.8. The predicted molar refractivity (Wildman–Crippen MR) is 88.1 cm³/mol. The lowest BCUT2D eigenvalue weighted by Crippen LogP contribution is -2.35. The van der Waals surface area contributed by atoms with E-state index in [4.69, 9.17) is 9.84 Å². The van der Waals surface area contributed by atoms with Gasteiger partial charge in [-0.05, 0) is 24.2 Å². The zero-order valence-corrected chi connectivity index (χ0v) is 14.2. The Labute approximate surface area is 141 Å². The van der Waals surface area contributed by atoms with Gasteiger partial charge in [0.2, 0.25) is 5.95 Å². The monoisotopic (exact) mass is 371 g/mol. The molecule has 3 N–H and O–H groups in total. The molecule has 1 atom stereocenters. The summed E-state index contributed by atoms with van der Waals surface area (Å²) >= 11 is 0.883. The molecular formula is C12H13N5O5S2. The van der Waals surface area contributed by atoms with Crippen LogP contribution in [0.15, 0.2) is 16.3 Å². The van der Waals surface area contributed by atoms with E-state index in [0.29, 0.717) is 5.82 Å². The number of carbonyl (C=O) groups excluding carboxylic acids is 1. The third-order valence-corrected chi connectivity index (χ3v) is 5.17. The lowest BCUT2D eigenvalue weighted by atomic mass is 10.5. The number of carboxylic acid groups (broad SMARTS) is 1. The van der Waals surface area contributed by atoms with Crippen molar-refractivity contribution in [3.8, 4) is 6.01 Å². The largest absolute Gasteiger partial charge is 0.477 e. The van der Waals surface area contributed by atoms with Gasteiger partial charge in [0.05, 0.1) is 21.7 Å². The van der Waals surface area contributed by atoms with E-state index in [1.54, 1.807) is 6.92 Å². The van der Waals surface area contributed by atoms with Gasteiger partial charge in [-0.3, -0.25) is 10.0 Å². The number of nitrogens with one attached hydrogen (secondary N) is 2. The number of rotatable bonds is 5. The Bertz CT molecular complexity index is 893. The van der Waals surface area contributed by atoms with Crippen LogP contribution in [0.3, 0.4) is 0 Å². The number of anilines is 1. The number of thiophene rings is 1. The normalized spacial score (nSPS) is 12.9. The van der Waals surface area contributed by atoms with E-state index in [1.807, 2.05) is 0 Å². The topological polar surface area (TPSA) is 143 Å². The maximum atomic E-state index is 12.5. The molecule has 0 saturated carbocycles. The molecule has 10 nitrogen and oxygen atoms in total. The minimum Gasteiger partial charge on any atom is -0.477 e. The molecule has 0 radical (unpaired) electrons. The van der Waals surface area contributed by atoms with E-state index in [0.717, 1.165) is 11.3 Å². The van der Waals surface area contributed by atoms with Crippen LogP contribution in [0, 0.1) is 6.92 Å². The van der Waals surface area contributed by atoms with Crippen molar-refractivity contribution in [2.24, 2.45) is 0 Å². The second kappa shape index (κ2) is 6.80. The summed E-state index contributed by atoms with van der Waals surface area (Å²) < 4.78 is 19.5. The van der Waals surface area contributed by atoms with Gasteiger partial charge in [-0.25, -0.2) is 13.8 Å². The molecule has 0 bridgehead atoms. The Morgan fingerprint density at radius 1 is 1.38 bits per heavy atom. The van der Waals surface area contributed by atoms with Crippen molar-refractivity contribution in [3.05, 3.63) is 22.1 Å². The molecule has 2 rings (SSSR count). The lowest BCUT2D eigenvalue weighted by Gasteiger charge is -2.12. The number of nitrogens with zero attached hydrogens (tertiary/aromatic N) is 3. The Hall–Kier alpha value is -2.73. The summed E-state index contributed by atoms with van der Waals surface area (Å²) in [6.07, 6.45) is 0. The summed E-state index contributed by atoms with van der Waals surface area (Å²) in [4.78, 5) is 34.4. The predicted octanol–water partition coefficient (Wildman–Crippen LogP) is 0.760. The quantitative estimate of drug-likeness (QED) is 0.654. The molecule has 0 aliphatic carbocycles. The van der Waals surface area contributed by atoms with Crippen molar-refractivity contribution in [1.82, 2.24) is 19.7 Å². The van der Waals surface area contributed by atoms with Gasteiger partial charge in [-0.1, -0.05) is 0 Å². The fourth-order valence-corrected chi connectivity index (χ4v) is 4.04. The molecule has 0 spiro atoms. The fraction of sp³-hybridized carbons (Fsp3) is 0.167. The molecule has 2 amide bonds. The highest BCUT2D eigenvalue weighted by Crippen LogP contribution is 2.21. The number of aryl methyl sites for hydroxylation is 1. The van der Waals surface area contributed by atoms with Crippen LogP contribution in [-0.2, 0) is 9.71 Å². The molecule has 0 aliphatic rings. The minimum absolute atomic E-state index is 0.000782. The van der Waals surface area contributed by atoms with Crippen LogP contribution < -0.4 is 14.8 Å². The molecule has 128 valence electrons. The highest BCUT2D eigenvalue weighted by atomic mass is 32.2. The molecule has 24 heavy (non-hydrogen) atoms. The summed E-state index contributed by atoms with van der Waals surface area (Å²) in [5.74, 6) is 2.35. The SMILES string of the molecule is C=S(=O)(NC(=O)Nc1nc(C)nc(OC)n1)c1ccsc1C(=O)O.